The molecule has 0 unspecified atom stereocenters. The average Bonchev–Trinajstić information content (AvgIpc) is 3.27. The minimum absolute atomic E-state index is 0.488. The molecule has 0 amide bonds. The number of nitrogens with one attached hydrogen (secondary N) is 1. The van der Waals surface area contributed by atoms with Gasteiger partial charge in [0.2, 0.25) is 0 Å². The smallest absolute Gasteiger partial charge is 0.118 e. The van der Waals surface area contributed by atoms with Gasteiger partial charge in [0.05, 0.1) is 25.1 Å². The maximum absolute atomic E-state index is 5.69. The maximum atomic E-state index is 5.69. The highest BCUT2D eigenvalue weighted by Crippen LogP contribution is 2.24. The second kappa shape index (κ2) is 8.31. The second-order valence-electron chi connectivity index (χ2n) is 6.51. The van der Waals surface area contributed by atoms with Crippen LogP contribution in [0.2, 0.25) is 0 Å². The van der Waals surface area contributed by atoms with Gasteiger partial charge in [-0.25, -0.2) is 0 Å². The summed E-state index contributed by atoms with van der Waals surface area (Å²) in [6.45, 7) is 2.91. The molecule has 0 saturated carbocycles. The number of rotatable bonds is 8. The van der Waals surface area contributed by atoms with E-state index in [9.17, 15) is 0 Å². The normalized spacial score (nSPS) is 17.5. The van der Waals surface area contributed by atoms with Gasteiger partial charge in [-0.2, -0.15) is 5.10 Å². The number of hydrogen-bond acceptors (Lipinski definition) is 4. The highest BCUT2D eigenvalue weighted by Gasteiger charge is 2.15. The predicted molar refractivity (Wildman–Crippen MR) is 95.1 cm³/mol. The van der Waals surface area contributed by atoms with Gasteiger partial charge in [0.25, 0.3) is 0 Å². The van der Waals surface area contributed by atoms with E-state index in [4.69, 9.17) is 9.47 Å². The summed E-state index contributed by atoms with van der Waals surface area (Å²) < 4.78 is 10.9. The van der Waals surface area contributed by atoms with Gasteiger partial charge >= 0.3 is 0 Å². The van der Waals surface area contributed by atoms with Crippen molar-refractivity contribution in [2.24, 2.45) is 0 Å². The lowest BCUT2D eigenvalue weighted by molar-refractivity contribution is 0.0995. The van der Waals surface area contributed by atoms with Crippen molar-refractivity contribution in [1.29, 1.82) is 0 Å². The van der Waals surface area contributed by atoms with Gasteiger partial charge in [-0.3, -0.25) is 5.10 Å². The predicted octanol–water partition coefficient (Wildman–Crippen LogP) is 3.48. The van der Waals surface area contributed by atoms with Crippen LogP contribution in [-0.4, -0.2) is 48.5 Å². The summed E-state index contributed by atoms with van der Waals surface area (Å²) in [7, 11) is 3.85. The third kappa shape index (κ3) is 4.36. The Balaban J connectivity index is 1.54. The number of benzene rings is 1. The zero-order valence-electron chi connectivity index (χ0n) is 14.6. The number of methoxy groups -OCH3 is 1. The van der Waals surface area contributed by atoms with Crippen molar-refractivity contribution >= 4 is 0 Å². The monoisotopic (exact) mass is 329 g/mol. The first kappa shape index (κ1) is 17.0. The minimum atomic E-state index is 0.488. The topological polar surface area (TPSA) is 50.4 Å². The molecule has 1 fully saturated rings. The van der Waals surface area contributed by atoms with Crippen LogP contribution in [0.25, 0.3) is 11.3 Å². The zero-order valence-corrected chi connectivity index (χ0v) is 14.6. The van der Waals surface area contributed by atoms with E-state index in [1.807, 2.05) is 18.3 Å². The Morgan fingerprint density at radius 3 is 2.88 bits per heavy atom. The molecular formula is C19H27N3O2. The summed E-state index contributed by atoms with van der Waals surface area (Å²) in [6, 6.07) is 8.08. The Hall–Kier alpha value is -1.85. The van der Waals surface area contributed by atoms with Gasteiger partial charge in [0.1, 0.15) is 5.75 Å². The number of nitrogens with zero attached hydrogens (tertiary/aromatic N) is 2. The molecule has 1 N–H and O–H groups in total. The molecule has 24 heavy (non-hydrogen) atoms. The summed E-state index contributed by atoms with van der Waals surface area (Å²) >= 11 is 0. The van der Waals surface area contributed by atoms with E-state index in [1.165, 1.54) is 31.2 Å². The minimum Gasteiger partial charge on any atom is -0.497 e. The lowest BCUT2D eigenvalue weighted by Crippen LogP contribution is -2.20. The maximum Gasteiger partial charge on any atom is 0.118 e. The van der Waals surface area contributed by atoms with E-state index in [-0.39, 0.29) is 0 Å². The van der Waals surface area contributed by atoms with Crippen molar-refractivity contribution in [1.82, 2.24) is 15.1 Å². The van der Waals surface area contributed by atoms with Crippen molar-refractivity contribution in [2.45, 2.75) is 38.3 Å². The summed E-state index contributed by atoms with van der Waals surface area (Å²) in [5, 5.41) is 7.36. The Kier molecular flexibility index (Phi) is 5.88. The first-order valence-corrected chi connectivity index (χ1v) is 8.73. The molecule has 1 atom stereocenters. The highest BCUT2D eigenvalue weighted by molar-refractivity contribution is 5.63. The molecule has 0 bridgehead atoms. The summed E-state index contributed by atoms with van der Waals surface area (Å²) in [4.78, 5) is 2.35. The standard InChI is InChI=1S/C19H27N3O2/c1-22(11-3-5-18-6-4-12-24-18)14-16-13-20-21-19(16)15-7-9-17(23-2)10-8-15/h7-10,13,18H,3-6,11-12,14H2,1-2H3,(H,20,21)/t18-/m1/s1. The highest BCUT2D eigenvalue weighted by atomic mass is 16.5. The van der Waals surface area contributed by atoms with Gasteiger partial charge in [0, 0.05) is 24.3 Å². The van der Waals surface area contributed by atoms with E-state index >= 15 is 0 Å². The van der Waals surface area contributed by atoms with Crippen LogP contribution in [0.5, 0.6) is 5.75 Å². The molecule has 3 rings (SSSR count). The second-order valence-corrected chi connectivity index (χ2v) is 6.51. The third-order valence-electron chi connectivity index (χ3n) is 4.63. The number of hydrogen-bond donors (Lipinski definition) is 1. The summed E-state index contributed by atoms with van der Waals surface area (Å²) in [5.74, 6) is 0.867. The summed E-state index contributed by atoms with van der Waals surface area (Å²) in [5.41, 5.74) is 3.44. The molecule has 1 aliphatic rings. The molecule has 2 aromatic rings. The Morgan fingerprint density at radius 2 is 2.17 bits per heavy atom. The van der Waals surface area contributed by atoms with Crippen LogP contribution in [0.15, 0.2) is 30.5 Å². The Bertz CT molecular complexity index is 618. The fourth-order valence-electron chi connectivity index (χ4n) is 3.27. The van der Waals surface area contributed by atoms with Gasteiger partial charge in [0.15, 0.2) is 0 Å². The average molecular weight is 329 g/mol. The molecule has 5 heteroatoms. The quantitative estimate of drug-likeness (QED) is 0.805. The zero-order chi connectivity index (χ0) is 16.8. The van der Waals surface area contributed by atoms with E-state index < -0.39 is 0 Å². The van der Waals surface area contributed by atoms with E-state index in [0.29, 0.717) is 6.10 Å². The van der Waals surface area contributed by atoms with Gasteiger partial charge in [-0.05, 0) is 63.5 Å². The number of aromatic nitrogens is 2. The summed E-state index contributed by atoms with van der Waals surface area (Å²) in [6.07, 6.45) is 7.21. The van der Waals surface area contributed by atoms with Crippen molar-refractivity contribution in [3.63, 3.8) is 0 Å². The van der Waals surface area contributed by atoms with Crippen LogP contribution in [0.3, 0.4) is 0 Å². The van der Waals surface area contributed by atoms with Crippen LogP contribution in [0, 0.1) is 0 Å². The lowest BCUT2D eigenvalue weighted by atomic mass is 10.1. The van der Waals surface area contributed by atoms with Gasteiger partial charge in [-0.1, -0.05) is 0 Å². The molecule has 5 nitrogen and oxygen atoms in total. The van der Waals surface area contributed by atoms with Gasteiger partial charge < -0.3 is 14.4 Å². The SMILES string of the molecule is COc1ccc(-c2[nH]ncc2CN(C)CCC[C@@H]2CCCO2)cc1. The lowest BCUT2D eigenvalue weighted by Gasteiger charge is -2.18. The van der Waals surface area contributed by atoms with Crippen molar-refractivity contribution < 1.29 is 9.47 Å². The van der Waals surface area contributed by atoms with Crippen LogP contribution in [-0.2, 0) is 11.3 Å². The molecule has 1 aliphatic heterocycles. The van der Waals surface area contributed by atoms with Crippen LogP contribution < -0.4 is 4.74 Å². The number of ether oxygens (including phenoxy) is 2. The van der Waals surface area contributed by atoms with Crippen LogP contribution >= 0.6 is 0 Å². The number of aromatic amines is 1. The first-order valence-electron chi connectivity index (χ1n) is 8.73. The van der Waals surface area contributed by atoms with E-state index in [1.54, 1.807) is 7.11 Å². The number of H-pyrrole nitrogens is 1. The molecule has 1 saturated heterocycles. The van der Waals surface area contributed by atoms with E-state index in [0.717, 1.165) is 36.7 Å². The molecule has 2 heterocycles. The van der Waals surface area contributed by atoms with Crippen molar-refractivity contribution in [3.05, 3.63) is 36.0 Å². The molecule has 1 aromatic carbocycles. The van der Waals surface area contributed by atoms with Crippen molar-refractivity contribution in [3.8, 4) is 17.0 Å². The Labute approximate surface area is 144 Å². The molecule has 130 valence electrons. The first-order chi connectivity index (χ1) is 11.8. The molecule has 1 aromatic heterocycles. The van der Waals surface area contributed by atoms with Crippen LogP contribution in [0.4, 0.5) is 0 Å². The molecule has 0 aliphatic carbocycles. The van der Waals surface area contributed by atoms with Crippen molar-refractivity contribution in [2.75, 3.05) is 27.3 Å². The molecule has 0 radical (unpaired) electrons. The Morgan fingerprint density at radius 1 is 1.33 bits per heavy atom. The fourth-order valence-corrected chi connectivity index (χ4v) is 3.27. The van der Waals surface area contributed by atoms with Crippen LogP contribution in [0.1, 0.15) is 31.2 Å². The largest absolute Gasteiger partial charge is 0.497 e. The fraction of sp³-hybridized carbons (Fsp3) is 0.526. The van der Waals surface area contributed by atoms with E-state index in [2.05, 4.69) is 34.3 Å². The molecule has 0 spiro atoms. The molecular weight excluding hydrogens is 302 g/mol. The third-order valence-corrected chi connectivity index (χ3v) is 4.63. The van der Waals surface area contributed by atoms with Gasteiger partial charge in [-0.15, -0.1) is 0 Å².